The molecule has 0 fully saturated rings. The van der Waals surface area contributed by atoms with Gasteiger partial charge in [0.25, 0.3) is 0 Å². The summed E-state index contributed by atoms with van der Waals surface area (Å²) in [6, 6.07) is 8.77. The molecule has 0 amide bonds. The average Bonchev–Trinajstić information content (AvgIpc) is 2.32. The Morgan fingerprint density at radius 3 is 1.73 bits per heavy atom. The largest absolute Gasteiger partial charge is 0.220 e. The van der Waals surface area contributed by atoms with Gasteiger partial charge in [0.1, 0.15) is 5.25 Å². The molecule has 1 heteroatoms. The molecule has 1 radical (unpaired) electrons. The van der Waals surface area contributed by atoms with Crippen LogP contribution < -0.4 is 0 Å². The van der Waals surface area contributed by atoms with Gasteiger partial charge in [-0.25, -0.2) is 18.0 Å². The molecule has 1 aliphatic rings. The molecule has 81 valence electrons. The van der Waals surface area contributed by atoms with Gasteiger partial charge in [0.2, 0.25) is 0 Å². The minimum Gasteiger partial charge on any atom is -0.220 e. The van der Waals surface area contributed by atoms with Crippen LogP contribution in [0.15, 0.2) is 24.3 Å². The number of hydrogen-bond donors (Lipinski definition) is 0. The zero-order valence-corrected chi connectivity index (χ0v) is 10.8. The maximum atomic E-state index is 5.94. The summed E-state index contributed by atoms with van der Waals surface area (Å²) in [7, 11) is 0. The second-order valence-electron chi connectivity index (χ2n) is 5.54. The van der Waals surface area contributed by atoms with Crippen LogP contribution >= 0.6 is 0 Å². The van der Waals surface area contributed by atoms with Crippen LogP contribution in [0.25, 0.3) is 0 Å². The normalized spacial score (nSPS) is 22.7. The van der Waals surface area contributed by atoms with E-state index in [0.717, 1.165) is 11.8 Å². The molecule has 0 heterocycles. The summed E-state index contributed by atoms with van der Waals surface area (Å²) in [4.78, 5) is 0. The van der Waals surface area contributed by atoms with Gasteiger partial charge in [-0.2, -0.15) is 0 Å². The fourth-order valence-corrected chi connectivity index (χ4v) is 4.20. The SMILES string of the molecule is [CH-][SH+]C1C(C)(C)c2ccccc2C1(C)C. The van der Waals surface area contributed by atoms with Crippen molar-refractivity contribution in [3.63, 3.8) is 0 Å². The van der Waals surface area contributed by atoms with Crippen LogP contribution in [-0.2, 0) is 22.6 Å². The molecular formula is C14H19S. The van der Waals surface area contributed by atoms with Crippen molar-refractivity contribution in [3.8, 4) is 0 Å². The van der Waals surface area contributed by atoms with Crippen LogP contribution in [0.2, 0.25) is 0 Å². The molecule has 1 aromatic rings. The molecular weight excluding hydrogens is 200 g/mol. The van der Waals surface area contributed by atoms with Crippen molar-refractivity contribution in [3.05, 3.63) is 41.6 Å². The first-order valence-corrected chi connectivity index (χ1v) is 6.45. The molecule has 0 unspecified atom stereocenters. The third-order valence-electron chi connectivity index (χ3n) is 3.83. The smallest absolute Gasteiger partial charge is 0.103 e. The van der Waals surface area contributed by atoms with Crippen LogP contribution in [-0.4, -0.2) is 5.25 Å². The lowest BCUT2D eigenvalue weighted by Gasteiger charge is -2.31. The van der Waals surface area contributed by atoms with E-state index in [-0.39, 0.29) is 10.8 Å². The predicted molar refractivity (Wildman–Crippen MR) is 69.3 cm³/mol. The second kappa shape index (κ2) is 3.28. The highest BCUT2D eigenvalue weighted by Crippen LogP contribution is 2.50. The summed E-state index contributed by atoms with van der Waals surface area (Å²) in [5.41, 5.74) is 3.32. The molecule has 0 aromatic heterocycles. The molecule has 1 aliphatic carbocycles. The van der Waals surface area contributed by atoms with E-state index in [9.17, 15) is 0 Å². The third-order valence-corrected chi connectivity index (χ3v) is 5.42. The Morgan fingerprint density at radius 2 is 1.40 bits per heavy atom. The van der Waals surface area contributed by atoms with Crippen LogP contribution in [0.4, 0.5) is 0 Å². The average molecular weight is 219 g/mol. The van der Waals surface area contributed by atoms with E-state index in [1.54, 1.807) is 0 Å². The number of fused-ring (bicyclic) bond motifs is 1. The molecule has 15 heavy (non-hydrogen) atoms. The predicted octanol–water partition coefficient (Wildman–Crippen LogP) is 3.11. The zero-order chi connectivity index (χ0) is 11.3. The molecule has 0 aliphatic heterocycles. The molecule has 0 atom stereocenters. The van der Waals surface area contributed by atoms with Gasteiger partial charge in [-0.1, -0.05) is 52.0 Å². The van der Waals surface area contributed by atoms with E-state index >= 15 is 0 Å². The lowest BCUT2D eigenvalue weighted by molar-refractivity contribution is 0.420. The van der Waals surface area contributed by atoms with Crippen LogP contribution in [0.5, 0.6) is 0 Å². The van der Waals surface area contributed by atoms with Crippen molar-refractivity contribution in [1.82, 2.24) is 0 Å². The Balaban J connectivity index is 2.65. The van der Waals surface area contributed by atoms with E-state index < -0.39 is 0 Å². The van der Waals surface area contributed by atoms with Gasteiger partial charge < -0.3 is 0 Å². The van der Waals surface area contributed by atoms with Crippen molar-refractivity contribution in [1.29, 1.82) is 0 Å². The lowest BCUT2D eigenvalue weighted by atomic mass is 9.81. The fraction of sp³-hybridized carbons (Fsp3) is 0.500. The maximum Gasteiger partial charge on any atom is 0.103 e. The Morgan fingerprint density at radius 1 is 1.00 bits per heavy atom. The Kier molecular flexibility index (Phi) is 2.42. The molecule has 1 aromatic carbocycles. The minimum atomic E-state index is 0.191. The third kappa shape index (κ3) is 1.36. The molecule has 0 N–H and O–H groups in total. The first-order chi connectivity index (χ1) is 6.92. The van der Waals surface area contributed by atoms with Crippen molar-refractivity contribution in [2.75, 3.05) is 0 Å². The Labute approximate surface area is 97.5 Å². The van der Waals surface area contributed by atoms with Gasteiger partial charge in [-0.05, 0) is 11.1 Å². The van der Waals surface area contributed by atoms with E-state index in [4.69, 9.17) is 6.26 Å². The Hall–Kier alpha value is -0.430. The van der Waals surface area contributed by atoms with Crippen LogP contribution in [0, 0.1) is 6.26 Å². The zero-order valence-electron chi connectivity index (χ0n) is 9.91. The van der Waals surface area contributed by atoms with Gasteiger partial charge >= 0.3 is 0 Å². The fourth-order valence-electron chi connectivity index (χ4n) is 3.18. The highest BCUT2D eigenvalue weighted by Gasteiger charge is 2.52. The van der Waals surface area contributed by atoms with Gasteiger partial charge in [-0.15, -0.1) is 0 Å². The van der Waals surface area contributed by atoms with Gasteiger partial charge in [0.05, 0.1) is 0 Å². The highest BCUT2D eigenvalue weighted by molar-refractivity contribution is 7.80. The molecule has 0 saturated carbocycles. The number of rotatable bonds is 1. The summed E-state index contributed by atoms with van der Waals surface area (Å²) in [5.74, 6) is 0. The first kappa shape index (κ1) is 11.1. The standard InChI is InChI=1S/C14H19S/c1-13(2)10-8-6-7-9-11(10)14(3,4)12(13)15-5/h5-9,12,15H,1-4H3. The molecule has 0 saturated heterocycles. The Bertz CT molecular complexity index is 342. The topological polar surface area (TPSA) is 0 Å². The van der Waals surface area contributed by atoms with E-state index in [2.05, 4.69) is 52.0 Å². The summed E-state index contributed by atoms with van der Waals surface area (Å²) in [5, 5.41) is 0.502. The monoisotopic (exact) mass is 219 g/mol. The van der Waals surface area contributed by atoms with Crippen LogP contribution in [0.3, 0.4) is 0 Å². The summed E-state index contributed by atoms with van der Waals surface area (Å²) in [6.45, 7) is 9.24. The van der Waals surface area contributed by atoms with Gasteiger partial charge in [-0.3, -0.25) is 0 Å². The maximum absolute atomic E-state index is 5.94. The van der Waals surface area contributed by atoms with Crippen molar-refractivity contribution < 1.29 is 0 Å². The first-order valence-electron chi connectivity index (χ1n) is 5.42. The van der Waals surface area contributed by atoms with Crippen molar-refractivity contribution in [2.24, 2.45) is 0 Å². The van der Waals surface area contributed by atoms with Gasteiger partial charge in [0.15, 0.2) is 0 Å². The van der Waals surface area contributed by atoms with Crippen molar-refractivity contribution in [2.45, 2.75) is 43.8 Å². The minimum absolute atomic E-state index is 0.191. The second-order valence-corrected chi connectivity index (χ2v) is 6.36. The number of thiol groups is 1. The van der Waals surface area contributed by atoms with E-state index in [1.165, 1.54) is 11.1 Å². The van der Waals surface area contributed by atoms with E-state index in [1.807, 2.05) is 0 Å². The van der Waals surface area contributed by atoms with Crippen LogP contribution in [0.1, 0.15) is 38.8 Å². The molecule has 0 bridgehead atoms. The van der Waals surface area contributed by atoms with Crippen molar-refractivity contribution >= 4 is 11.8 Å². The molecule has 2 rings (SSSR count). The lowest BCUT2D eigenvalue weighted by Crippen LogP contribution is -2.39. The quantitative estimate of drug-likeness (QED) is 0.387. The summed E-state index contributed by atoms with van der Waals surface area (Å²) in [6.07, 6.45) is 5.94. The number of hydrogen-bond acceptors (Lipinski definition) is 0. The van der Waals surface area contributed by atoms with E-state index in [0.29, 0.717) is 5.25 Å². The number of benzene rings is 1. The molecule has 0 spiro atoms. The molecule has 0 nitrogen and oxygen atoms in total. The van der Waals surface area contributed by atoms with Gasteiger partial charge in [0, 0.05) is 10.8 Å². The highest BCUT2D eigenvalue weighted by atomic mass is 32.2. The summed E-state index contributed by atoms with van der Waals surface area (Å²) < 4.78 is 0. The summed E-state index contributed by atoms with van der Waals surface area (Å²) >= 11 is 1.01.